The van der Waals surface area contributed by atoms with Crippen molar-refractivity contribution in [3.63, 3.8) is 0 Å². The number of aromatic nitrogens is 1. The second kappa shape index (κ2) is 6.71. The van der Waals surface area contributed by atoms with Gasteiger partial charge in [-0.05, 0) is 45.1 Å². The molecule has 5 nitrogen and oxygen atoms in total. The maximum atomic E-state index is 11.4. The van der Waals surface area contributed by atoms with Crippen molar-refractivity contribution >= 4 is 39.1 Å². The zero-order chi connectivity index (χ0) is 14.5. The van der Waals surface area contributed by atoms with Crippen LogP contribution in [0, 0.1) is 0 Å². The number of nitrogens with one attached hydrogen (secondary N) is 1. The molecule has 0 amide bonds. The highest BCUT2D eigenvalue weighted by Gasteiger charge is 2.09. The molecule has 20 heavy (non-hydrogen) atoms. The Kier molecular flexibility index (Phi) is 4.97. The lowest BCUT2D eigenvalue weighted by molar-refractivity contribution is 0.0606. The van der Waals surface area contributed by atoms with Crippen LogP contribution >= 0.6 is 27.3 Å². The second-order valence-electron chi connectivity index (χ2n) is 3.85. The normalized spacial score (nSPS) is 10.2. The van der Waals surface area contributed by atoms with E-state index < -0.39 is 0 Å². The molecule has 0 saturated carbocycles. The average Bonchev–Trinajstić information content (AvgIpc) is 2.94. The van der Waals surface area contributed by atoms with Gasteiger partial charge in [0.2, 0.25) is 5.88 Å². The summed E-state index contributed by atoms with van der Waals surface area (Å²) < 4.78 is 10.6. The van der Waals surface area contributed by atoms with E-state index in [0.29, 0.717) is 23.1 Å². The highest BCUT2D eigenvalue weighted by Crippen LogP contribution is 2.24. The van der Waals surface area contributed by atoms with Crippen LogP contribution < -0.4 is 10.1 Å². The number of pyridine rings is 1. The molecule has 106 valence electrons. The SMILES string of the molecule is COC(=O)c1cc(CNc2ccc(Br)c(OC)n2)cs1. The van der Waals surface area contributed by atoms with Crippen molar-refractivity contribution in [1.82, 2.24) is 4.98 Å². The summed E-state index contributed by atoms with van der Waals surface area (Å²) in [6.07, 6.45) is 0. The van der Waals surface area contributed by atoms with Crippen LogP contribution in [-0.2, 0) is 11.3 Å². The van der Waals surface area contributed by atoms with Gasteiger partial charge in [0.25, 0.3) is 0 Å². The molecular weight excluding hydrogens is 344 g/mol. The largest absolute Gasteiger partial charge is 0.480 e. The average molecular weight is 357 g/mol. The van der Waals surface area contributed by atoms with Gasteiger partial charge in [-0.2, -0.15) is 4.98 Å². The van der Waals surface area contributed by atoms with Gasteiger partial charge in [0.15, 0.2) is 0 Å². The summed E-state index contributed by atoms with van der Waals surface area (Å²) in [6, 6.07) is 5.52. The highest BCUT2D eigenvalue weighted by molar-refractivity contribution is 9.10. The van der Waals surface area contributed by atoms with Crippen molar-refractivity contribution in [2.75, 3.05) is 19.5 Å². The lowest BCUT2D eigenvalue weighted by Gasteiger charge is -2.07. The minimum atomic E-state index is -0.315. The molecule has 0 spiro atoms. The fraction of sp³-hybridized carbons (Fsp3) is 0.231. The van der Waals surface area contributed by atoms with Crippen molar-refractivity contribution in [2.24, 2.45) is 0 Å². The third kappa shape index (κ3) is 3.49. The van der Waals surface area contributed by atoms with Gasteiger partial charge in [-0.25, -0.2) is 4.79 Å². The number of rotatable bonds is 5. The first-order chi connectivity index (χ1) is 9.63. The van der Waals surface area contributed by atoms with Crippen LogP contribution in [0.5, 0.6) is 5.88 Å². The van der Waals surface area contributed by atoms with Gasteiger partial charge in [0, 0.05) is 6.54 Å². The van der Waals surface area contributed by atoms with E-state index >= 15 is 0 Å². The molecule has 2 heterocycles. The highest BCUT2D eigenvalue weighted by atomic mass is 79.9. The standard InChI is InChI=1S/C13H13BrN2O3S/c1-18-12-9(14)3-4-11(16-12)15-6-8-5-10(20-7-8)13(17)19-2/h3-5,7H,6H2,1-2H3,(H,15,16). The summed E-state index contributed by atoms with van der Waals surface area (Å²) >= 11 is 4.71. The van der Waals surface area contributed by atoms with E-state index in [1.807, 2.05) is 17.5 Å². The van der Waals surface area contributed by atoms with Gasteiger partial charge < -0.3 is 14.8 Å². The van der Waals surface area contributed by atoms with Gasteiger partial charge in [0.05, 0.1) is 18.7 Å². The van der Waals surface area contributed by atoms with E-state index in [1.165, 1.54) is 18.4 Å². The number of methoxy groups -OCH3 is 2. The lowest BCUT2D eigenvalue weighted by atomic mass is 10.3. The van der Waals surface area contributed by atoms with Crippen molar-refractivity contribution in [2.45, 2.75) is 6.54 Å². The fourth-order valence-electron chi connectivity index (χ4n) is 1.53. The van der Waals surface area contributed by atoms with E-state index in [-0.39, 0.29) is 5.97 Å². The summed E-state index contributed by atoms with van der Waals surface area (Å²) in [6.45, 7) is 0.575. The minimum Gasteiger partial charge on any atom is -0.480 e. The molecule has 0 aliphatic carbocycles. The number of esters is 1. The maximum Gasteiger partial charge on any atom is 0.348 e. The molecule has 2 aromatic heterocycles. The third-order valence-electron chi connectivity index (χ3n) is 2.52. The molecule has 0 unspecified atom stereocenters. The number of carbonyl (C=O) groups excluding carboxylic acids is 1. The molecule has 7 heteroatoms. The summed E-state index contributed by atoms with van der Waals surface area (Å²) in [7, 11) is 2.94. The number of anilines is 1. The number of nitrogens with zero attached hydrogens (tertiary/aromatic N) is 1. The van der Waals surface area contributed by atoms with Crippen molar-refractivity contribution < 1.29 is 14.3 Å². The molecule has 0 radical (unpaired) electrons. The number of carbonyl (C=O) groups is 1. The number of ether oxygens (including phenoxy) is 2. The van der Waals surface area contributed by atoms with E-state index in [2.05, 4.69) is 31.0 Å². The lowest BCUT2D eigenvalue weighted by Crippen LogP contribution is -2.02. The predicted molar refractivity (Wildman–Crippen MR) is 81.5 cm³/mol. The second-order valence-corrected chi connectivity index (χ2v) is 5.62. The van der Waals surface area contributed by atoms with Crippen LogP contribution in [0.1, 0.15) is 15.2 Å². The van der Waals surface area contributed by atoms with Gasteiger partial charge in [-0.1, -0.05) is 0 Å². The molecule has 0 fully saturated rings. The van der Waals surface area contributed by atoms with Crippen molar-refractivity contribution in [3.8, 4) is 5.88 Å². The first-order valence-electron chi connectivity index (χ1n) is 5.74. The van der Waals surface area contributed by atoms with Crippen LogP contribution in [0.4, 0.5) is 5.82 Å². The summed E-state index contributed by atoms with van der Waals surface area (Å²) in [5, 5.41) is 5.09. The smallest absolute Gasteiger partial charge is 0.348 e. The minimum absolute atomic E-state index is 0.315. The van der Waals surface area contributed by atoms with Crippen LogP contribution in [0.3, 0.4) is 0 Å². The molecule has 1 N–H and O–H groups in total. The summed E-state index contributed by atoms with van der Waals surface area (Å²) in [5.74, 6) is 0.913. The maximum absolute atomic E-state index is 11.4. The van der Waals surface area contributed by atoms with Crippen LogP contribution in [-0.4, -0.2) is 25.2 Å². The topological polar surface area (TPSA) is 60.5 Å². The van der Waals surface area contributed by atoms with Crippen LogP contribution in [0.25, 0.3) is 0 Å². The Labute approximate surface area is 129 Å². The van der Waals surface area contributed by atoms with E-state index in [4.69, 9.17) is 4.74 Å². The predicted octanol–water partition coefficient (Wildman–Crippen LogP) is 3.31. The number of halogens is 1. The number of thiophene rings is 1. The fourth-order valence-corrected chi connectivity index (χ4v) is 2.74. The van der Waals surface area contributed by atoms with E-state index in [9.17, 15) is 4.79 Å². The van der Waals surface area contributed by atoms with Gasteiger partial charge in [-0.3, -0.25) is 0 Å². The molecule has 2 aromatic rings. The Hall–Kier alpha value is -1.60. The summed E-state index contributed by atoms with van der Waals surface area (Å²) in [4.78, 5) is 16.2. The van der Waals surface area contributed by atoms with Gasteiger partial charge in [0.1, 0.15) is 10.7 Å². The molecule has 0 bridgehead atoms. The number of hydrogen-bond donors (Lipinski definition) is 1. The molecule has 2 rings (SSSR count). The third-order valence-corrected chi connectivity index (χ3v) is 4.08. The molecule has 0 aliphatic heterocycles. The van der Waals surface area contributed by atoms with E-state index in [0.717, 1.165) is 10.0 Å². The van der Waals surface area contributed by atoms with E-state index in [1.54, 1.807) is 13.2 Å². The first-order valence-corrected chi connectivity index (χ1v) is 7.41. The van der Waals surface area contributed by atoms with Crippen LogP contribution in [0.15, 0.2) is 28.1 Å². The van der Waals surface area contributed by atoms with Gasteiger partial charge in [-0.15, -0.1) is 11.3 Å². The first kappa shape index (κ1) is 14.8. The monoisotopic (exact) mass is 356 g/mol. The molecule has 0 aromatic carbocycles. The molecular formula is C13H13BrN2O3S. The quantitative estimate of drug-likeness (QED) is 0.832. The zero-order valence-corrected chi connectivity index (χ0v) is 13.4. The Morgan fingerprint density at radius 2 is 2.25 bits per heavy atom. The van der Waals surface area contributed by atoms with Crippen molar-refractivity contribution in [1.29, 1.82) is 0 Å². The zero-order valence-electron chi connectivity index (χ0n) is 11.0. The molecule has 0 aliphatic rings. The Morgan fingerprint density at radius 3 is 2.95 bits per heavy atom. The van der Waals surface area contributed by atoms with Crippen LogP contribution in [0.2, 0.25) is 0 Å². The molecule has 0 atom stereocenters. The Balaban J connectivity index is 2.01. The Bertz CT molecular complexity index is 615. The van der Waals surface area contributed by atoms with Crippen molar-refractivity contribution in [3.05, 3.63) is 38.5 Å². The summed E-state index contributed by atoms with van der Waals surface area (Å²) in [5.41, 5.74) is 0.999. The molecule has 0 saturated heterocycles. The van der Waals surface area contributed by atoms with Gasteiger partial charge >= 0.3 is 5.97 Å². The number of hydrogen-bond acceptors (Lipinski definition) is 6. The Morgan fingerprint density at radius 1 is 1.45 bits per heavy atom.